The third-order valence-electron chi connectivity index (χ3n) is 2.87. The molecule has 1 aromatic rings. The van der Waals surface area contributed by atoms with Crippen molar-refractivity contribution in [3.8, 4) is 0 Å². The average molecular weight is 299 g/mol. The molecule has 0 saturated heterocycles. The number of halogens is 1. The molecule has 1 atom stereocenters. The molecular formula is C13H19BrN2O. The molecule has 4 heteroatoms. The molecule has 3 nitrogen and oxygen atoms in total. The Morgan fingerprint density at radius 2 is 2.24 bits per heavy atom. The minimum absolute atomic E-state index is 0.0795. The maximum Gasteiger partial charge on any atom is 0.254 e. The van der Waals surface area contributed by atoms with Gasteiger partial charge in [0.1, 0.15) is 4.60 Å². The molecule has 0 spiro atoms. The molecular weight excluding hydrogens is 280 g/mol. The molecule has 1 heterocycles. The Bertz CT molecular complexity index is 381. The Morgan fingerprint density at radius 1 is 1.53 bits per heavy atom. The third kappa shape index (κ3) is 4.11. The molecule has 0 bridgehead atoms. The lowest BCUT2D eigenvalue weighted by molar-refractivity contribution is 0.0740. The second-order valence-electron chi connectivity index (χ2n) is 4.22. The van der Waals surface area contributed by atoms with Crippen molar-refractivity contribution in [2.24, 2.45) is 5.92 Å². The van der Waals surface area contributed by atoms with Crippen molar-refractivity contribution in [1.82, 2.24) is 9.88 Å². The maximum atomic E-state index is 12.3. The lowest BCUT2D eigenvalue weighted by atomic mass is 10.1. The number of rotatable bonds is 5. The summed E-state index contributed by atoms with van der Waals surface area (Å²) in [5.41, 5.74) is 0.692. The van der Waals surface area contributed by atoms with Crippen LogP contribution in [0.15, 0.2) is 22.9 Å². The molecule has 0 aromatic carbocycles. The van der Waals surface area contributed by atoms with Crippen molar-refractivity contribution in [2.45, 2.75) is 27.2 Å². The first-order valence-corrected chi connectivity index (χ1v) is 6.78. The topological polar surface area (TPSA) is 33.2 Å². The van der Waals surface area contributed by atoms with Crippen LogP contribution in [0, 0.1) is 5.92 Å². The van der Waals surface area contributed by atoms with E-state index < -0.39 is 0 Å². The zero-order valence-corrected chi connectivity index (χ0v) is 12.2. The number of nitrogens with zero attached hydrogens (tertiary/aromatic N) is 2. The number of pyridine rings is 1. The molecule has 1 rings (SSSR count). The first-order valence-electron chi connectivity index (χ1n) is 5.99. The van der Waals surface area contributed by atoms with Crippen molar-refractivity contribution in [3.05, 3.63) is 28.5 Å². The number of carbonyl (C=O) groups excluding carboxylic acids is 1. The summed E-state index contributed by atoms with van der Waals surface area (Å²) < 4.78 is 0.697. The van der Waals surface area contributed by atoms with Crippen LogP contribution in [0.3, 0.4) is 0 Å². The Morgan fingerprint density at radius 3 is 2.76 bits per heavy atom. The standard InChI is InChI=1S/C13H19BrN2O/c1-4-10(3)9-16(5-2)13(17)11-6-7-15-12(14)8-11/h6-8,10H,4-5,9H2,1-3H3. The Balaban J connectivity index is 2.79. The van der Waals surface area contributed by atoms with Gasteiger partial charge in [0.2, 0.25) is 0 Å². The van der Waals surface area contributed by atoms with Crippen molar-refractivity contribution in [3.63, 3.8) is 0 Å². The zero-order valence-electron chi connectivity index (χ0n) is 10.6. The van der Waals surface area contributed by atoms with Crippen LogP contribution < -0.4 is 0 Å². The first kappa shape index (κ1) is 14.2. The van der Waals surface area contributed by atoms with Crippen LogP contribution in [0.4, 0.5) is 0 Å². The highest BCUT2D eigenvalue weighted by Crippen LogP contribution is 2.12. The van der Waals surface area contributed by atoms with Crippen LogP contribution >= 0.6 is 15.9 Å². The van der Waals surface area contributed by atoms with Gasteiger partial charge in [0.05, 0.1) is 0 Å². The van der Waals surface area contributed by atoms with Crippen LogP contribution in [-0.2, 0) is 0 Å². The number of carbonyl (C=O) groups is 1. The highest BCUT2D eigenvalue weighted by Gasteiger charge is 2.16. The molecule has 1 aromatic heterocycles. The summed E-state index contributed by atoms with van der Waals surface area (Å²) in [7, 11) is 0. The van der Waals surface area contributed by atoms with Gasteiger partial charge >= 0.3 is 0 Å². The molecule has 0 saturated carbocycles. The van der Waals surface area contributed by atoms with Crippen molar-refractivity contribution in [1.29, 1.82) is 0 Å². The second kappa shape index (κ2) is 6.74. The summed E-state index contributed by atoms with van der Waals surface area (Å²) in [6.45, 7) is 7.87. The van der Waals surface area contributed by atoms with Gasteiger partial charge in [-0.15, -0.1) is 0 Å². The van der Waals surface area contributed by atoms with Crippen molar-refractivity contribution in [2.75, 3.05) is 13.1 Å². The number of hydrogen-bond donors (Lipinski definition) is 0. The molecule has 94 valence electrons. The van der Waals surface area contributed by atoms with Crippen molar-refractivity contribution >= 4 is 21.8 Å². The molecule has 0 N–H and O–H groups in total. The van der Waals surface area contributed by atoms with Crippen molar-refractivity contribution < 1.29 is 4.79 Å². The van der Waals surface area contributed by atoms with Gasteiger partial charge < -0.3 is 4.90 Å². The van der Waals surface area contributed by atoms with E-state index >= 15 is 0 Å². The van der Waals surface area contributed by atoms with E-state index in [1.54, 1.807) is 18.3 Å². The van der Waals surface area contributed by atoms with Gasteiger partial charge in [-0.3, -0.25) is 4.79 Å². The van der Waals surface area contributed by atoms with Crippen LogP contribution in [0.2, 0.25) is 0 Å². The maximum absolute atomic E-state index is 12.3. The predicted octanol–water partition coefficient (Wildman–Crippen LogP) is 3.35. The van der Waals surface area contributed by atoms with E-state index in [1.807, 2.05) is 11.8 Å². The summed E-state index contributed by atoms with van der Waals surface area (Å²) in [6, 6.07) is 3.52. The van der Waals surface area contributed by atoms with Gasteiger partial charge in [0, 0.05) is 24.8 Å². The SMILES string of the molecule is CCC(C)CN(CC)C(=O)c1ccnc(Br)c1. The smallest absolute Gasteiger partial charge is 0.254 e. The van der Waals surface area contributed by atoms with Gasteiger partial charge in [0.15, 0.2) is 0 Å². The van der Waals surface area contributed by atoms with Gasteiger partial charge in [-0.1, -0.05) is 20.3 Å². The average Bonchev–Trinajstić information content (AvgIpc) is 2.34. The molecule has 1 unspecified atom stereocenters. The Labute approximate surface area is 111 Å². The highest BCUT2D eigenvalue weighted by atomic mass is 79.9. The normalized spacial score (nSPS) is 12.2. The van der Waals surface area contributed by atoms with E-state index in [0.717, 1.165) is 19.5 Å². The van der Waals surface area contributed by atoms with Crippen LogP contribution in [0.1, 0.15) is 37.6 Å². The quantitative estimate of drug-likeness (QED) is 0.781. The molecule has 0 aliphatic rings. The van der Waals surface area contributed by atoms with E-state index in [4.69, 9.17) is 0 Å². The summed E-state index contributed by atoms with van der Waals surface area (Å²) in [4.78, 5) is 18.2. The van der Waals surface area contributed by atoms with E-state index in [0.29, 0.717) is 16.1 Å². The van der Waals surface area contributed by atoms with Crippen LogP contribution in [0.5, 0.6) is 0 Å². The van der Waals surface area contributed by atoms with Crippen LogP contribution in [0.25, 0.3) is 0 Å². The van der Waals surface area contributed by atoms with Gasteiger partial charge in [-0.2, -0.15) is 0 Å². The summed E-state index contributed by atoms with van der Waals surface area (Å²) in [6.07, 6.45) is 2.73. The number of amides is 1. The molecule has 0 radical (unpaired) electrons. The van der Waals surface area contributed by atoms with E-state index in [9.17, 15) is 4.79 Å². The zero-order chi connectivity index (χ0) is 12.8. The molecule has 1 amide bonds. The fourth-order valence-corrected chi connectivity index (χ4v) is 1.94. The fourth-order valence-electron chi connectivity index (χ4n) is 1.58. The molecule has 0 aliphatic heterocycles. The largest absolute Gasteiger partial charge is 0.339 e. The van der Waals surface area contributed by atoms with E-state index in [2.05, 4.69) is 34.8 Å². The number of hydrogen-bond acceptors (Lipinski definition) is 2. The molecule has 17 heavy (non-hydrogen) atoms. The second-order valence-corrected chi connectivity index (χ2v) is 5.04. The minimum Gasteiger partial charge on any atom is -0.339 e. The van der Waals surface area contributed by atoms with E-state index in [-0.39, 0.29) is 5.91 Å². The van der Waals surface area contributed by atoms with Gasteiger partial charge in [-0.05, 0) is 40.9 Å². The van der Waals surface area contributed by atoms with E-state index in [1.165, 1.54) is 0 Å². The predicted molar refractivity (Wildman–Crippen MR) is 73.0 cm³/mol. The van der Waals surface area contributed by atoms with Crippen LogP contribution in [-0.4, -0.2) is 28.9 Å². The fraction of sp³-hybridized carbons (Fsp3) is 0.538. The highest BCUT2D eigenvalue weighted by molar-refractivity contribution is 9.10. The lowest BCUT2D eigenvalue weighted by Gasteiger charge is -2.24. The molecule has 0 aliphatic carbocycles. The Kier molecular flexibility index (Phi) is 5.62. The monoisotopic (exact) mass is 298 g/mol. The number of aromatic nitrogens is 1. The summed E-state index contributed by atoms with van der Waals surface area (Å²) in [5, 5.41) is 0. The summed E-state index contributed by atoms with van der Waals surface area (Å²) >= 11 is 3.28. The molecule has 0 fully saturated rings. The summed E-state index contributed by atoms with van der Waals surface area (Å²) in [5.74, 6) is 0.611. The Hall–Kier alpha value is -0.900. The minimum atomic E-state index is 0.0795. The van der Waals surface area contributed by atoms with Gasteiger partial charge in [0.25, 0.3) is 5.91 Å². The first-order chi connectivity index (χ1) is 8.08. The van der Waals surface area contributed by atoms with Gasteiger partial charge in [-0.25, -0.2) is 4.98 Å². The third-order valence-corrected chi connectivity index (χ3v) is 3.31. The lowest BCUT2D eigenvalue weighted by Crippen LogP contribution is -2.34.